The Morgan fingerprint density at radius 1 is 1.13 bits per heavy atom. The second-order valence-corrected chi connectivity index (χ2v) is 6.81. The number of nitrogens with two attached hydrogens (primary N) is 2. The van der Waals surface area contributed by atoms with Gasteiger partial charge in [-0.05, 0) is 29.7 Å². The fourth-order valence-corrected chi connectivity index (χ4v) is 2.88. The molecule has 0 aliphatic carbocycles. The first-order chi connectivity index (χ1) is 14.6. The van der Waals surface area contributed by atoms with Crippen molar-refractivity contribution in [3.05, 3.63) is 66.4 Å². The SMILES string of the molecule is COCCC(N)CNc1ncc(C(N)=O)c(Nc2cccc(-c3ccccc3)c2)n1. The number of primary amides is 1. The molecule has 1 aromatic heterocycles. The zero-order valence-electron chi connectivity index (χ0n) is 16.8. The maximum absolute atomic E-state index is 11.8. The van der Waals surface area contributed by atoms with Crippen LogP contribution in [0.2, 0.25) is 0 Å². The highest BCUT2D eigenvalue weighted by molar-refractivity contribution is 5.98. The number of ether oxygens (including phenoxy) is 1. The first kappa shape index (κ1) is 21.2. The summed E-state index contributed by atoms with van der Waals surface area (Å²) in [6, 6.07) is 17.7. The molecule has 0 aliphatic rings. The van der Waals surface area contributed by atoms with Crippen LogP contribution < -0.4 is 22.1 Å². The van der Waals surface area contributed by atoms with E-state index in [0.717, 1.165) is 16.8 Å². The van der Waals surface area contributed by atoms with Crippen LogP contribution in [-0.4, -0.2) is 42.2 Å². The normalized spacial score (nSPS) is 11.7. The molecule has 0 bridgehead atoms. The molecule has 3 aromatic rings. The quantitative estimate of drug-likeness (QED) is 0.407. The zero-order chi connectivity index (χ0) is 21.3. The molecule has 0 fully saturated rings. The van der Waals surface area contributed by atoms with E-state index in [2.05, 4.69) is 20.6 Å². The molecule has 0 saturated carbocycles. The molecule has 1 unspecified atom stereocenters. The molecule has 8 heteroatoms. The van der Waals surface area contributed by atoms with Gasteiger partial charge in [-0.25, -0.2) is 4.98 Å². The maximum Gasteiger partial charge on any atom is 0.254 e. The number of amides is 1. The average Bonchev–Trinajstić information content (AvgIpc) is 2.77. The number of nitrogens with zero attached hydrogens (tertiary/aromatic N) is 2. The Hall–Kier alpha value is -3.49. The summed E-state index contributed by atoms with van der Waals surface area (Å²) in [7, 11) is 1.64. The molecule has 0 aliphatic heterocycles. The third-order valence-corrected chi connectivity index (χ3v) is 4.50. The van der Waals surface area contributed by atoms with E-state index >= 15 is 0 Å². The van der Waals surface area contributed by atoms with Gasteiger partial charge in [-0.3, -0.25) is 4.79 Å². The van der Waals surface area contributed by atoms with Crippen LogP contribution in [0.4, 0.5) is 17.5 Å². The van der Waals surface area contributed by atoms with Crippen LogP contribution >= 0.6 is 0 Å². The van der Waals surface area contributed by atoms with Gasteiger partial charge < -0.3 is 26.8 Å². The van der Waals surface area contributed by atoms with Crippen LogP contribution in [0.25, 0.3) is 11.1 Å². The minimum atomic E-state index is -0.611. The van der Waals surface area contributed by atoms with E-state index in [0.29, 0.717) is 31.3 Å². The molecular formula is C22H26N6O2. The van der Waals surface area contributed by atoms with E-state index in [4.69, 9.17) is 16.2 Å². The summed E-state index contributed by atoms with van der Waals surface area (Å²) in [4.78, 5) is 20.4. The predicted molar refractivity (Wildman–Crippen MR) is 119 cm³/mol. The lowest BCUT2D eigenvalue weighted by molar-refractivity contribution is 0.100. The predicted octanol–water partition coefficient (Wildman–Crippen LogP) is 2.76. The first-order valence-corrected chi connectivity index (χ1v) is 9.64. The number of rotatable bonds is 10. The molecule has 1 atom stereocenters. The van der Waals surface area contributed by atoms with Gasteiger partial charge >= 0.3 is 0 Å². The van der Waals surface area contributed by atoms with Gasteiger partial charge in [0.1, 0.15) is 11.4 Å². The molecule has 30 heavy (non-hydrogen) atoms. The van der Waals surface area contributed by atoms with Crippen molar-refractivity contribution in [1.82, 2.24) is 9.97 Å². The number of carbonyl (C=O) groups excluding carboxylic acids is 1. The number of hydrogen-bond acceptors (Lipinski definition) is 7. The molecule has 0 spiro atoms. The van der Waals surface area contributed by atoms with Crippen LogP contribution in [0.5, 0.6) is 0 Å². The largest absolute Gasteiger partial charge is 0.385 e. The summed E-state index contributed by atoms with van der Waals surface area (Å²) in [6.07, 6.45) is 2.11. The second kappa shape index (κ2) is 10.3. The third-order valence-electron chi connectivity index (χ3n) is 4.50. The smallest absolute Gasteiger partial charge is 0.254 e. The molecular weight excluding hydrogens is 380 g/mol. The Bertz CT molecular complexity index is 980. The van der Waals surface area contributed by atoms with Crippen molar-refractivity contribution >= 4 is 23.4 Å². The van der Waals surface area contributed by atoms with E-state index in [1.807, 2.05) is 54.6 Å². The molecule has 156 valence electrons. The number of nitrogens with one attached hydrogen (secondary N) is 2. The first-order valence-electron chi connectivity index (χ1n) is 9.64. The summed E-state index contributed by atoms with van der Waals surface area (Å²) < 4.78 is 5.03. The average molecular weight is 406 g/mol. The van der Waals surface area contributed by atoms with Gasteiger partial charge in [-0.15, -0.1) is 0 Å². The highest BCUT2D eigenvalue weighted by Gasteiger charge is 2.13. The number of benzene rings is 2. The van der Waals surface area contributed by atoms with E-state index in [-0.39, 0.29) is 11.6 Å². The molecule has 8 nitrogen and oxygen atoms in total. The van der Waals surface area contributed by atoms with Gasteiger partial charge in [0.2, 0.25) is 5.95 Å². The van der Waals surface area contributed by atoms with Gasteiger partial charge in [0, 0.05) is 38.2 Å². The van der Waals surface area contributed by atoms with Crippen molar-refractivity contribution in [2.24, 2.45) is 11.5 Å². The van der Waals surface area contributed by atoms with Crippen molar-refractivity contribution in [2.45, 2.75) is 12.5 Å². The lowest BCUT2D eigenvalue weighted by Gasteiger charge is -2.14. The van der Waals surface area contributed by atoms with Crippen LogP contribution in [0, 0.1) is 0 Å². The monoisotopic (exact) mass is 406 g/mol. The lowest BCUT2D eigenvalue weighted by Crippen LogP contribution is -2.30. The number of anilines is 3. The van der Waals surface area contributed by atoms with Crippen LogP contribution in [0.3, 0.4) is 0 Å². The second-order valence-electron chi connectivity index (χ2n) is 6.81. The molecule has 0 saturated heterocycles. The lowest BCUT2D eigenvalue weighted by atomic mass is 10.1. The molecule has 1 amide bonds. The molecule has 0 radical (unpaired) electrons. The molecule has 1 heterocycles. The van der Waals surface area contributed by atoms with Gasteiger partial charge in [0.25, 0.3) is 5.91 Å². The van der Waals surface area contributed by atoms with E-state index in [1.54, 1.807) is 7.11 Å². The molecule has 2 aromatic carbocycles. The van der Waals surface area contributed by atoms with Crippen LogP contribution in [0.15, 0.2) is 60.8 Å². The Kier molecular flexibility index (Phi) is 7.31. The summed E-state index contributed by atoms with van der Waals surface area (Å²) in [5.74, 6) is 0.0744. The van der Waals surface area contributed by atoms with Crippen molar-refractivity contribution in [3.63, 3.8) is 0 Å². The van der Waals surface area contributed by atoms with Gasteiger partial charge in [-0.1, -0.05) is 42.5 Å². The zero-order valence-corrected chi connectivity index (χ0v) is 16.8. The fraction of sp³-hybridized carbons (Fsp3) is 0.227. The van der Waals surface area contributed by atoms with Crippen molar-refractivity contribution < 1.29 is 9.53 Å². The topological polar surface area (TPSA) is 128 Å². The Balaban J connectivity index is 1.79. The van der Waals surface area contributed by atoms with Crippen molar-refractivity contribution in [3.8, 4) is 11.1 Å². The summed E-state index contributed by atoms with van der Waals surface area (Å²) in [5, 5.41) is 6.27. The number of methoxy groups -OCH3 is 1. The molecule has 6 N–H and O–H groups in total. The summed E-state index contributed by atoms with van der Waals surface area (Å²) >= 11 is 0. The third kappa shape index (κ3) is 5.76. The van der Waals surface area contributed by atoms with E-state index in [9.17, 15) is 4.79 Å². The molecule has 3 rings (SSSR count). The number of carbonyl (C=O) groups is 1. The highest BCUT2D eigenvalue weighted by Crippen LogP contribution is 2.25. The standard InChI is InChI=1S/C22H26N6O2/c1-30-11-10-17(23)13-25-22-26-14-19(20(24)29)21(28-22)27-18-9-5-8-16(12-18)15-6-3-2-4-7-15/h2-9,12,14,17H,10-11,13,23H2,1H3,(H2,24,29)(H2,25,26,27,28). The minimum Gasteiger partial charge on any atom is -0.385 e. The number of aromatic nitrogens is 2. The maximum atomic E-state index is 11.8. The van der Waals surface area contributed by atoms with Gasteiger partial charge in [0.05, 0.1) is 0 Å². The fourth-order valence-electron chi connectivity index (χ4n) is 2.88. The van der Waals surface area contributed by atoms with Crippen molar-refractivity contribution in [1.29, 1.82) is 0 Å². The van der Waals surface area contributed by atoms with Gasteiger partial charge in [0.15, 0.2) is 0 Å². The van der Waals surface area contributed by atoms with E-state index < -0.39 is 5.91 Å². The summed E-state index contributed by atoms with van der Waals surface area (Å²) in [6.45, 7) is 1.05. The Morgan fingerprint density at radius 3 is 2.63 bits per heavy atom. The Labute approximate surface area is 175 Å². The Morgan fingerprint density at radius 2 is 1.90 bits per heavy atom. The van der Waals surface area contributed by atoms with Gasteiger partial charge in [-0.2, -0.15) is 4.98 Å². The van der Waals surface area contributed by atoms with E-state index in [1.165, 1.54) is 6.20 Å². The highest BCUT2D eigenvalue weighted by atomic mass is 16.5. The minimum absolute atomic E-state index is 0.108. The van der Waals surface area contributed by atoms with Crippen LogP contribution in [-0.2, 0) is 4.74 Å². The van der Waals surface area contributed by atoms with Crippen LogP contribution in [0.1, 0.15) is 16.8 Å². The number of hydrogen-bond donors (Lipinski definition) is 4. The summed E-state index contributed by atoms with van der Waals surface area (Å²) in [5.41, 5.74) is 14.6. The van der Waals surface area contributed by atoms with Crippen molar-refractivity contribution in [2.75, 3.05) is 30.9 Å².